The molecule has 0 spiro atoms. The smallest absolute Gasteiger partial charge is 0.329 e. The molecule has 1 aliphatic heterocycles. The Hall–Kier alpha value is -4.05. The molecule has 0 unspecified atom stereocenters. The van der Waals surface area contributed by atoms with E-state index in [4.69, 9.17) is 11.6 Å². The molecule has 1 aliphatic rings. The van der Waals surface area contributed by atoms with Gasteiger partial charge in [0.25, 0.3) is 11.5 Å². The normalized spacial score (nSPS) is 13.9. The number of benzene rings is 2. The predicted molar refractivity (Wildman–Crippen MR) is 129 cm³/mol. The van der Waals surface area contributed by atoms with Crippen LogP contribution in [0.3, 0.4) is 0 Å². The number of fused-ring (bicyclic) bond motifs is 1. The number of aromatic amines is 1. The van der Waals surface area contributed by atoms with Crippen LogP contribution in [0.25, 0.3) is 10.9 Å². The molecule has 1 fully saturated rings. The zero-order chi connectivity index (χ0) is 24.5. The lowest BCUT2D eigenvalue weighted by molar-refractivity contribution is 0.0741. The van der Waals surface area contributed by atoms with Gasteiger partial charge in [0.05, 0.1) is 23.0 Å². The van der Waals surface area contributed by atoms with E-state index in [9.17, 15) is 18.8 Å². The lowest BCUT2D eigenvalue weighted by Gasteiger charge is -2.34. The molecule has 0 bridgehead atoms. The maximum atomic E-state index is 14.8. The summed E-state index contributed by atoms with van der Waals surface area (Å²) in [6, 6.07) is 10.8. The molecule has 0 aliphatic carbocycles. The fraction of sp³-hybridized carbons (Fsp3) is 0.208. The number of amides is 1. The summed E-state index contributed by atoms with van der Waals surface area (Å²) < 4.78 is 16.2. The van der Waals surface area contributed by atoms with Crippen LogP contribution in [0.1, 0.15) is 15.9 Å². The zero-order valence-electron chi connectivity index (χ0n) is 18.4. The van der Waals surface area contributed by atoms with E-state index in [1.807, 2.05) is 4.90 Å². The van der Waals surface area contributed by atoms with E-state index in [1.54, 1.807) is 47.6 Å². The molecule has 5 rings (SSSR count). The second-order valence-corrected chi connectivity index (χ2v) is 8.52. The van der Waals surface area contributed by atoms with Gasteiger partial charge in [0.1, 0.15) is 5.82 Å². The fourth-order valence-electron chi connectivity index (χ4n) is 4.18. The van der Waals surface area contributed by atoms with Crippen LogP contribution in [0.5, 0.6) is 0 Å². The third-order valence-corrected chi connectivity index (χ3v) is 6.35. The average molecular weight is 495 g/mol. The molecule has 4 aromatic rings. The minimum absolute atomic E-state index is 0.0470. The molecular weight excluding hydrogens is 475 g/mol. The molecule has 0 saturated carbocycles. The summed E-state index contributed by atoms with van der Waals surface area (Å²) in [5.41, 5.74) is -0.458. The number of carbonyl (C=O) groups excluding carboxylic acids is 1. The third-order valence-electron chi connectivity index (χ3n) is 6.00. The number of para-hydroxylation sites is 1. The molecular formula is C24H20ClFN6O3. The summed E-state index contributed by atoms with van der Waals surface area (Å²) >= 11 is 6.29. The van der Waals surface area contributed by atoms with Gasteiger partial charge in [-0.1, -0.05) is 23.7 Å². The van der Waals surface area contributed by atoms with Gasteiger partial charge in [0.15, 0.2) is 0 Å². The number of H-pyrrole nitrogens is 1. The Labute approximate surface area is 203 Å². The first-order valence-corrected chi connectivity index (χ1v) is 11.3. The number of rotatable bonds is 4. The second kappa shape index (κ2) is 9.30. The Balaban J connectivity index is 1.42. The average Bonchev–Trinajstić information content (AvgIpc) is 2.88. The molecule has 2 aromatic carbocycles. The van der Waals surface area contributed by atoms with Crippen LogP contribution in [-0.2, 0) is 6.54 Å². The van der Waals surface area contributed by atoms with Gasteiger partial charge in [0.2, 0.25) is 5.95 Å². The van der Waals surface area contributed by atoms with Crippen LogP contribution >= 0.6 is 11.6 Å². The number of aromatic nitrogens is 4. The highest BCUT2D eigenvalue weighted by atomic mass is 35.5. The van der Waals surface area contributed by atoms with Crippen molar-refractivity contribution >= 4 is 34.4 Å². The molecule has 11 heteroatoms. The van der Waals surface area contributed by atoms with Crippen LogP contribution in [-0.4, -0.2) is 56.5 Å². The molecule has 1 amide bonds. The number of nitrogens with zero attached hydrogens (tertiary/aromatic N) is 5. The number of nitrogens with one attached hydrogen (secondary N) is 1. The Bertz CT molecular complexity index is 1530. The molecule has 3 heterocycles. The largest absolute Gasteiger partial charge is 0.337 e. The maximum Gasteiger partial charge on any atom is 0.329 e. The monoisotopic (exact) mass is 494 g/mol. The van der Waals surface area contributed by atoms with Crippen molar-refractivity contribution in [2.45, 2.75) is 6.54 Å². The molecule has 1 saturated heterocycles. The number of carbonyl (C=O) groups is 1. The van der Waals surface area contributed by atoms with Crippen molar-refractivity contribution in [2.75, 3.05) is 31.1 Å². The first kappa shape index (κ1) is 22.7. The third kappa shape index (κ3) is 4.40. The van der Waals surface area contributed by atoms with Gasteiger partial charge in [0, 0.05) is 43.6 Å². The highest BCUT2D eigenvalue weighted by Gasteiger charge is 2.26. The van der Waals surface area contributed by atoms with Crippen LogP contribution < -0.4 is 16.1 Å². The van der Waals surface area contributed by atoms with E-state index in [0.29, 0.717) is 48.6 Å². The predicted octanol–water partition coefficient (Wildman–Crippen LogP) is 2.28. The fourth-order valence-corrected chi connectivity index (χ4v) is 4.39. The minimum Gasteiger partial charge on any atom is -0.337 e. The lowest BCUT2D eigenvalue weighted by atomic mass is 10.1. The van der Waals surface area contributed by atoms with Crippen LogP contribution in [0.2, 0.25) is 5.02 Å². The number of anilines is 1. The molecule has 0 atom stereocenters. The van der Waals surface area contributed by atoms with E-state index in [1.165, 1.54) is 10.6 Å². The van der Waals surface area contributed by atoms with Gasteiger partial charge >= 0.3 is 5.69 Å². The number of hydrogen-bond acceptors (Lipinski definition) is 6. The van der Waals surface area contributed by atoms with Crippen molar-refractivity contribution in [3.63, 3.8) is 0 Å². The van der Waals surface area contributed by atoms with E-state index < -0.39 is 23.0 Å². The summed E-state index contributed by atoms with van der Waals surface area (Å²) in [5.74, 6) is -0.623. The van der Waals surface area contributed by atoms with Crippen LogP contribution in [0.4, 0.5) is 10.3 Å². The van der Waals surface area contributed by atoms with Crippen molar-refractivity contribution in [1.29, 1.82) is 0 Å². The summed E-state index contributed by atoms with van der Waals surface area (Å²) in [4.78, 5) is 52.1. The van der Waals surface area contributed by atoms with E-state index in [-0.39, 0.29) is 17.1 Å². The Morgan fingerprint density at radius 3 is 2.49 bits per heavy atom. The number of halogens is 2. The quantitative estimate of drug-likeness (QED) is 0.467. The highest BCUT2D eigenvalue weighted by Crippen LogP contribution is 2.24. The summed E-state index contributed by atoms with van der Waals surface area (Å²) in [6.45, 7) is 1.72. The van der Waals surface area contributed by atoms with Gasteiger partial charge in [-0.2, -0.15) is 0 Å². The first-order chi connectivity index (χ1) is 16.9. The first-order valence-electron chi connectivity index (χ1n) is 10.9. The standard InChI is InChI=1S/C24H20ClFN6O3/c25-18-13-19(26)17(22(34)30-8-10-31(11-9-30)23-27-6-3-7-28-23)12-15(18)14-32-20-5-2-1-4-16(20)21(33)29-24(32)35/h1-7,12-13H,8-11,14H2,(H,29,33,35). The molecule has 9 nitrogen and oxygen atoms in total. The summed E-state index contributed by atoms with van der Waals surface area (Å²) in [6.07, 6.45) is 3.31. The van der Waals surface area contributed by atoms with Crippen LogP contribution in [0.15, 0.2) is 64.4 Å². The van der Waals surface area contributed by atoms with Crippen molar-refractivity contribution in [3.8, 4) is 0 Å². The Morgan fingerprint density at radius 1 is 1.03 bits per heavy atom. The van der Waals surface area contributed by atoms with Gasteiger partial charge in [-0.3, -0.25) is 19.1 Å². The second-order valence-electron chi connectivity index (χ2n) is 8.11. The summed E-state index contributed by atoms with van der Waals surface area (Å²) in [7, 11) is 0. The molecule has 35 heavy (non-hydrogen) atoms. The highest BCUT2D eigenvalue weighted by molar-refractivity contribution is 6.31. The lowest BCUT2D eigenvalue weighted by Crippen LogP contribution is -2.49. The van der Waals surface area contributed by atoms with E-state index >= 15 is 0 Å². The zero-order valence-corrected chi connectivity index (χ0v) is 19.2. The summed E-state index contributed by atoms with van der Waals surface area (Å²) in [5, 5.41) is 0.411. The van der Waals surface area contributed by atoms with Crippen molar-refractivity contribution in [2.24, 2.45) is 0 Å². The van der Waals surface area contributed by atoms with Crippen LogP contribution in [0, 0.1) is 5.82 Å². The van der Waals surface area contributed by atoms with Gasteiger partial charge in [-0.25, -0.2) is 19.2 Å². The van der Waals surface area contributed by atoms with Crippen molar-refractivity contribution < 1.29 is 9.18 Å². The topological polar surface area (TPSA) is 104 Å². The molecule has 178 valence electrons. The van der Waals surface area contributed by atoms with E-state index in [2.05, 4.69) is 15.0 Å². The maximum absolute atomic E-state index is 14.8. The van der Waals surface area contributed by atoms with Crippen molar-refractivity contribution in [1.82, 2.24) is 24.4 Å². The van der Waals surface area contributed by atoms with Crippen molar-refractivity contribution in [3.05, 3.63) is 97.7 Å². The molecule has 1 N–H and O–H groups in total. The van der Waals surface area contributed by atoms with E-state index in [0.717, 1.165) is 6.07 Å². The minimum atomic E-state index is -0.740. The van der Waals surface area contributed by atoms with Gasteiger partial charge in [-0.05, 0) is 35.9 Å². The molecule has 0 radical (unpaired) electrons. The Morgan fingerprint density at radius 2 is 1.74 bits per heavy atom. The van der Waals surface area contributed by atoms with Gasteiger partial charge in [-0.15, -0.1) is 0 Å². The Kier molecular flexibility index (Phi) is 6.04. The van der Waals surface area contributed by atoms with Gasteiger partial charge < -0.3 is 9.80 Å². The SMILES string of the molecule is O=C(c1cc(Cn2c(=O)[nH]c(=O)c3ccccc32)c(Cl)cc1F)N1CCN(c2ncccn2)CC1. The number of hydrogen-bond donors (Lipinski definition) is 1. The molecule has 2 aromatic heterocycles. The number of piperazine rings is 1.